The fourth-order valence-electron chi connectivity index (χ4n) is 2.74. The SMILES string of the molecule is CN(Cc1cccs1)C(=O)COC(=O)c1ccc(S(=O)(=O)N2CCOCC2)cc1. The molecule has 2 heterocycles. The molecule has 1 saturated heterocycles. The van der Waals surface area contributed by atoms with Crippen LogP contribution in [0.3, 0.4) is 0 Å². The Labute approximate surface area is 173 Å². The average Bonchev–Trinajstić information content (AvgIpc) is 3.25. The van der Waals surface area contributed by atoms with Crippen molar-refractivity contribution in [2.45, 2.75) is 11.4 Å². The summed E-state index contributed by atoms with van der Waals surface area (Å²) in [6.07, 6.45) is 0. The molecule has 3 rings (SSSR count). The number of hydrogen-bond acceptors (Lipinski definition) is 7. The third-order valence-electron chi connectivity index (χ3n) is 4.42. The average molecular weight is 439 g/mol. The Hall–Kier alpha value is -2.27. The molecule has 2 aromatic rings. The largest absolute Gasteiger partial charge is 0.452 e. The number of morpholine rings is 1. The Morgan fingerprint density at radius 3 is 2.48 bits per heavy atom. The van der Waals surface area contributed by atoms with Gasteiger partial charge in [0.05, 0.1) is 30.2 Å². The van der Waals surface area contributed by atoms with Crippen molar-refractivity contribution in [1.29, 1.82) is 0 Å². The molecule has 0 spiro atoms. The van der Waals surface area contributed by atoms with E-state index in [4.69, 9.17) is 9.47 Å². The smallest absolute Gasteiger partial charge is 0.338 e. The molecule has 156 valence electrons. The van der Waals surface area contributed by atoms with Crippen LogP contribution in [0.4, 0.5) is 0 Å². The highest BCUT2D eigenvalue weighted by Crippen LogP contribution is 2.18. The standard InChI is InChI=1S/C19H22N2O6S2/c1-20(13-16-3-2-12-28-16)18(22)14-27-19(23)15-4-6-17(7-5-15)29(24,25)21-8-10-26-11-9-21/h2-7,12H,8-11,13-14H2,1H3. The summed E-state index contributed by atoms with van der Waals surface area (Å²) in [6, 6.07) is 9.33. The number of sulfonamides is 1. The number of thiophene rings is 1. The molecule has 10 heteroatoms. The summed E-state index contributed by atoms with van der Waals surface area (Å²) in [5.41, 5.74) is 0.180. The van der Waals surface area contributed by atoms with Crippen LogP contribution in [-0.2, 0) is 30.8 Å². The van der Waals surface area contributed by atoms with Crippen molar-refractivity contribution in [2.24, 2.45) is 0 Å². The molecule has 0 N–H and O–H groups in total. The molecule has 0 atom stereocenters. The lowest BCUT2D eigenvalue weighted by Gasteiger charge is -2.26. The minimum absolute atomic E-state index is 0.0997. The van der Waals surface area contributed by atoms with E-state index < -0.39 is 16.0 Å². The van der Waals surface area contributed by atoms with E-state index in [0.717, 1.165) is 4.88 Å². The summed E-state index contributed by atoms with van der Waals surface area (Å²) in [4.78, 5) is 26.9. The fraction of sp³-hybridized carbons (Fsp3) is 0.368. The Morgan fingerprint density at radius 2 is 1.86 bits per heavy atom. The van der Waals surface area contributed by atoms with E-state index in [2.05, 4.69) is 0 Å². The highest BCUT2D eigenvalue weighted by Gasteiger charge is 2.26. The van der Waals surface area contributed by atoms with Gasteiger partial charge in [-0.3, -0.25) is 4.79 Å². The van der Waals surface area contributed by atoms with E-state index in [9.17, 15) is 18.0 Å². The summed E-state index contributed by atoms with van der Waals surface area (Å²) >= 11 is 1.54. The summed E-state index contributed by atoms with van der Waals surface area (Å²) in [5, 5.41) is 1.93. The van der Waals surface area contributed by atoms with Crippen LogP contribution >= 0.6 is 11.3 Å². The van der Waals surface area contributed by atoms with Crippen molar-refractivity contribution < 1.29 is 27.5 Å². The van der Waals surface area contributed by atoms with Gasteiger partial charge in [0.15, 0.2) is 6.61 Å². The lowest BCUT2D eigenvalue weighted by atomic mass is 10.2. The van der Waals surface area contributed by atoms with Gasteiger partial charge < -0.3 is 14.4 Å². The van der Waals surface area contributed by atoms with Crippen molar-refractivity contribution in [3.63, 3.8) is 0 Å². The van der Waals surface area contributed by atoms with E-state index in [1.165, 1.54) is 33.5 Å². The molecule has 0 radical (unpaired) electrons. The third kappa shape index (κ3) is 5.41. The summed E-state index contributed by atoms with van der Waals surface area (Å²) in [6.45, 7) is 1.38. The van der Waals surface area contributed by atoms with Gasteiger partial charge in [-0.15, -0.1) is 11.3 Å². The fourth-order valence-corrected chi connectivity index (χ4v) is 4.91. The van der Waals surface area contributed by atoms with Crippen LogP contribution < -0.4 is 0 Å². The molecular formula is C19H22N2O6S2. The molecule has 1 aromatic heterocycles. The van der Waals surface area contributed by atoms with E-state index in [-0.39, 0.29) is 23.0 Å². The van der Waals surface area contributed by atoms with E-state index >= 15 is 0 Å². The van der Waals surface area contributed by atoms with Gasteiger partial charge in [-0.1, -0.05) is 6.07 Å². The maximum absolute atomic E-state index is 12.6. The zero-order valence-electron chi connectivity index (χ0n) is 15.9. The zero-order valence-corrected chi connectivity index (χ0v) is 17.6. The van der Waals surface area contributed by atoms with E-state index in [1.54, 1.807) is 18.4 Å². The van der Waals surface area contributed by atoms with Crippen molar-refractivity contribution >= 4 is 33.2 Å². The number of nitrogens with zero attached hydrogens (tertiary/aromatic N) is 2. The van der Waals surface area contributed by atoms with Gasteiger partial charge in [0.25, 0.3) is 5.91 Å². The lowest BCUT2D eigenvalue weighted by Crippen LogP contribution is -2.40. The maximum Gasteiger partial charge on any atom is 0.338 e. The molecule has 0 aliphatic carbocycles. The van der Waals surface area contributed by atoms with Crippen LogP contribution in [-0.4, -0.2) is 69.5 Å². The molecule has 1 aliphatic heterocycles. The van der Waals surface area contributed by atoms with Crippen LogP contribution in [0.5, 0.6) is 0 Å². The molecule has 29 heavy (non-hydrogen) atoms. The first-order chi connectivity index (χ1) is 13.9. The predicted molar refractivity (Wildman–Crippen MR) is 107 cm³/mol. The van der Waals surface area contributed by atoms with Gasteiger partial charge in [-0.05, 0) is 35.7 Å². The van der Waals surface area contributed by atoms with E-state index in [1.807, 2.05) is 17.5 Å². The molecule has 0 bridgehead atoms. The highest BCUT2D eigenvalue weighted by molar-refractivity contribution is 7.89. The summed E-state index contributed by atoms with van der Waals surface area (Å²) < 4.78 is 36.8. The van der Waals surface area contributed by atoms with Crippen LogP contribution in [0.15, 0.2) is 46.7 Å². The second kappa shape index (κ2) is 9.49. The number of carbonyl (C=O) groups excluding carboxylic acids is 2. The second-order valence-electron chi connectivity index (χ2n) is 6.45. The van der Waals surface area contributed by atoms with Crippen LogP contribution in [0.1, 0.15) is 15.2 Å². The molecule has 8 nitrogen and oxygen atoms in total. The molecule has 1 aromatic carbocycles. The Morgan fingerprint density at radius 1 is 1.17 bits per heavy atom. The van der Waals surface area contributed by atoms with Crippen LogP contribution in [0.25, 0.3) is 0 Å². The van der Waals surface area contributed by atoms with Gasteiger partial charge in [0, 0.05) is 25.0 Å². The van der Waals surface area contributed by atoms with Crippen molar-refractivity contribution in [1.82, 2.24) is 9.21 Å². The minimum Gasteiger partial charge on any atom is -0.452 e. The van der Waals surface area contributed by atoms with Gasteiger partial charge >= 0.3 is 5.97 Å². The minimum atomic E-state index is -3.62. The number of likely N-dealkylation sites (N-methyl/N-ethyl adjacent to an activating group) is 1. The quantitative estimate of drug-likeness (QED) is 0.610. The first-order valence-electron chi connectivity index (χ1n) is 8.99. The topological polar surface area (TPSA) is 93.2 Å². The molecule has 0 saturated carbocycles. The first-order valence-corrected chi connectivity index (χ1v) is 11.3. The lowest BCUT2D eigenvalue weighted by molar-refractivity contribution is -0.133. The number of amides is 1. The maximum atomic E-state index is 12.6. The molecular weight excluding hydrogens is 416 g/mol. The Bertz CT molecular complexity index is 936. The molecule has 1 aliphatic rings. The Kier molecular flexibility index (Phi) is 7.01. The van der Waals surface area contributed by atoms with Gasteiger partial charge in [0.1, 0.15) is 0 Å². The predicted octanol–water partition coefficient (Wildman–Crippen LogP) is 1.58. The van der Waals surface area contributed by atoms with Crippen molar-refractivity contribution in [3.05, 3.63) is 52.2 Å². The van der Waals surface area contributed by atoms with Gasteiger partial charge in [-0.25, -0.2) is 13.2 Å². The number of benzene rings is 1. The number of carbonyl (C=O) groups is 2. The second-order valence-corrected chi connectivity index (χ2v) is 9.42. The number of rotatable bonds is 7. The summed E-state index contributed by atoms with van der Waals surface area (Å²) in [5.74, 6) is -1.00. The monoisotopic (exact) mass is 438 g/mol. The highest BCUT2D eigenvalue weighted by atomic mass is 32.2. The van der Waals surface area contributed by atoms with Crippen molar-refractivity contribution in [3.8, 4) is 0 Å². The first kappa shape index (κ1) is 21.4. The van der Waals surface area contributed by atoms with Gasteiger partial charge in [-0.2, -0.15) is 4.31 Å². The van der Waals surface area contributed by atoms with Crippen LogP contribution in [0, 0.1) is 0 Å². The zero-order chi connectivity index (χ0) is 20.9. The van der Waals surface area contributed by atoms with Crippen LogP contribution in [0.2, 0.25) is 0 Å². The summed E-state index contributed by atoms with van der Waals surface area (Å²) in [7, 11) is -1.98. The number of ether oxygens (including phenoxy) is 2. The van der Waals surface area contributed by atoms with Gasteiger partial charge in [0.2, 0.25) is 10.0 Å². The molecule has 1 amide bonds. The third-order valence-corrected chi connectivity index (χ3v) is 7.20. The van der Waals surface area contributed by atoms with E-state index in [0.29, 0.717) is 32.8 Å². The normalized spacial score (nSPS) is 15.1. The number of hydrogen-bond donors (Lipinski definition) is 0. The molecule has 1 fully saturated rings. The Balaban J connectivity index is 1.55. The molecule has 0 unspecified atom stereocenters. The van der Waals surface area contributed by atoms with Crippen molar-refractivity contribution in [2.75, 3.05) is 40.0 Å². The number of esters is 1.